The van der Waals surface area contributed by atoms with Crippen LogP contribution in [-0.2, 0) is 6.54 Å². The van der Waals surface area contributed by atoms with Crippen molar-refractivity contribution < 1.29 is 0 Å². The molecule has 0 unspecified atom stereocenters. The summed E-state index contributed by atoms with van der Waals surface area (Å²) in [6.07, 6.45) is 9.52. The Morgan fingerprint density at radius 3 is 2.68 bits per heavy atom. The highest BCUT2D eigenvalue weighted by Gasteiger charge is 2.13. The average molecular weight is 459 g/mol. The highest BCUT2D eigenvalue weighted by atomic mass is 127. The largest absolute Gasteiger partial charge is 0.357 e. The van der Waals surface area contributed by atoms with E-state index in [1.807, 2.05) is 6.20 Å². The maximum absolute atomic E-state index is 4.72. The normalized spacial score (nSPS) is 14.3. The molecule has 1 aliphatic heterocycles. The number of aromatic nitrogens is 1. The van der Waals surface area contributed by atoms with Crippen LogP contribution in [0, 0.1) is 0 Å². The van der Waals surface area contributed by atoms with E-state index in [0.717, 1.165) is 38.0 Å². The third-order valence-corrected chi connectivity index (χ3v) is 4.33. The molecule has 1 aromatic rings. The zero-order valence-corrected chi connectivity index (χ0v) is 18.1. The molecule has 0 aliphatic carbocycles. The van der Waals surface area contributed by atoms with Crippen LogP contribution < -0.4 is 15.5 Å². The van der Waals surface area contributed by atoms with Gasteiger partial charge in [-0.25, -0.2) is 9.98 Å². The summed E-state index contributed by atoms with van der Waals surface area (Å²) >= 11 is 0. The fourth-order valence-corrected chi connectivity index (χ4v) is 2.95. The Bertz CT molecular complexity index is 500. The van der Waals surface area contributed by atoms with Crippen LogP contribution in [-0.4, -0.2) is 37.1 Å². The first-order chi connectivity index (χ1) is 11.8. The Balaban J connectivity index is 0.00000312. The Hall–Kier alpha value is -1.05. The van der Waals surface area contributed by atoms with E-state index in [0.29, 0.717) is 6.54 Å². The van der Waals surface area contributed by atoms with Gasteiger partial charge in [0, 0.05) is 32.4 Å². The number of anilines is 1. The summed E-state index contributed by atoms with van der Waals surface area (Å²) in [5, 5.41) is 6.76. The summed E-state index contributed by atoms with van der Waals surface area (Å²) < 4.78 is 0. The topological polar surface area (TPSA) is 52.6 Å². The van der Waals surface area contributed by atoms with Crippen LogP contribution in [0.15, 0.2) is 23.3 Å². The number of nitrogens with zero attached hydrogens (tertiary/aromatic N) is 3. The van der Waals surface area contributed by atoms with Gasteiger partial charge in [0.1, 0.15) is 5.82 Å². The molecule has 6 heteroatoms. The summed E-state index contributed by atoms with van der Waals surface area (Å²) in [5.41, 5.74) is 1.22. The quantitative estimate of drug-likeness (QED) is 0.254. The second-order valence-corrected chi connectivity index (χ2v) is 6.40. The zero-order valence-electron chi connectivity index (χ0n) is 15.8. The summed E-state index contributed by atoms with van der Waals surface area (Å²) in [6, 6.07) is 4.24. The number of hydrogen-bond donors (Lipinski definition) is 2. The molecule has 0 bridgehead atoms. The van der Waals surface area contributed by atoms with Crippen LogP contribution in [0.3, 0.4) is 0 Å². The van der Waals surface area contributed by atoms with Crippen molar-refractivity contribution in [3.63, 3.8) is 0 Å². The number of rotatable bonds is 9. The smallest absolute Gasteiger partial charge is 0.191 e. The molecule has 0 amide bonds. The highest BCUT2D eigenvalue weighted by molar-refractivity contribution is 14.0. The van der Waals surface area contributed by atoms with Crippen LogP contribution in [0.25, 0.3) is 0 Å². The van der Waals surface area contributed by atoms with Crippen LogP contribution in [0.1, 0.15) is 57.9 Å². The van der Waals surface area contributed by atoms with Gasteiger partial charge in [-0.1, -0.05) is 26.2 Å². The molecular formula is C19H34IN5. The van der Waals surface area contributed by atoms with Gasteiger partial charge in [-0.2, -0.15) is 0 Å². The fraction of sp³-hybridized carbons (Fsp3) is 0.684. The van der Waals surface area contributed by atoms with Gasteiger partial charge in [0.25, 0.3) is 0 Å². The third-order valence-electron chi connectivity index (χ3n) is 4.33. The maximum Gasteiger partial charge on any atom is 0.191 e. The predicted octanol–water partition coefficient (Wildman–Crippen LogP) is 3.94. The van der Waals surface area contributed by atoms with Crippen molar-refractivity contribution in [3.8, 4) is 0 Å². The summed E-state index contributed by atoms with van der Waals surface area (Å²) in [4.78, 5) is 11.6. The molecule has 2 heterocycles. The maximum atomic E-state index is 4.72. The zero-order chi connectivity index (χ0) is 17.0. The molecule has 1 saturated heterocycles. The highest BCUT2D eigenvalue weighted by Crippen LogP contribution is 2.18. The van der Waals surface area contributed by atoms with E-state index in [9.17, 15) is 0 Å². The Labute approximate surface area is 170 Å². The lowest BCUT2D eigenvalue weighted by Gasteiger charge is -2.16. The number of guanidine groups is 1. The van der Waals surface area contributed by atoms with Crippen LogP contribution in [0.2, 0.25) is 0 Å². The lowest BCUT2D eigenvalue weighted by Crippen LogP contribution is -2.37. The molecule has 2 rings (SSSR count). The monoisotopic (exact) mass is 459 g/mol. The summed E-state index contributed by atoms with van der Waals surface area (Å²) in [7, 11) is 0. The number of hydrogen-bond acceptors (Lipinski definition) is 3. The van der Waals surface area contributed by atoms with Gasteiger partial charge >= 0.3 is 0 Å². The number of pyridine rings is 1. The van der Waals surface area contributed by atoms with E-state index in [4.69, 9.17) is 4.99 Å². The standard InChI is InChI=1S/C19H33N5.HI/c1-3-5-6-7-11-22-19(20-4-2)23-16-17-10-12-21-18(15-17)24-13-8-9-14-24;/h10,12,15H,3-9,11,13-14,16H2,1-2H3,(H2,20,22,23);1H. The molecule has 1 aliphatic rings. The SMILES string of the molecule is CCCCCCNC(=NCc1ccnc(N2CCCC2)c1)NCC.I. The molecule has 0 radical (unpaired) electrons. The van der Waals surface area contributed by atoms with Crippen molar-refractivity contribution in [1.82, 2.24) is 15.6 Å². The van der Waals surface area contributed by atoms with E-state index in [1.54, 1.807) is 0 Å². The van der Waals surface area contributed by atoms with Crippen molar-refractivity contribution in [3.05, 3.63) is 23.9 Å². The molecule has 0 saturated carbocycles. The molecule has 0 atom stereocenters. The molecule has 142 valence electrons. The lowest BCUT2D eigenvalue weighted by atomic mass is 10.2. The Morgan fingerprint density at radius 2 is 1.96 bits per heavy atom. The van der Waals surface area contributed by atoms with Gasteiger partial charge < -0.3 is 15.5 Å². The van der Waals surface area contributed by atoms with Crippen LogP contribution in [0.4, 0.5) is 5.82 Å². The molecule has 2 N–H and O–H groups in total. The first-order valence-corrected chi connectivity index (χ1v) is 9.55. The van der Waals surface area contributed by atoms with Crippen molar-refractivity contribution in [1.29, 1.82) is 0 Å². The van der Waals surface area contributed by atoms with Crippen LogP contribution >= 0.6 is 24.0 Å². The minimum Gasteiger partial charge on any atom is -0.357 e. The van der Waals surface area contributed by atoms with Crippen molar-refractivity contribution >= 4 is 35.8 Å². The molecule has 0 aromatic carbocycles. The molecule has 1 aromatic heterocycles. The molecule has 5 nitrogen and oxygen atoms in total. The molecule has 1 fully saturated rings. The average Bonchev–Trinajstić information content (AvgIpc) is 3.14. The first kappa shape index (κ1) is 22.0. The van der Waals surface area contributed by atoms with Gasteiger partial charge in [-0.3, -0.25) is 0 Å². The summed E-state index contributed by atoms with van der Waals surface area (Å²) in [5.74, 6) is 2.01. The molecule has 0 spiro atoms. The number of aliphatic imine (C=N–C) groups is 1. The second-order valence-electron chi connectivity index (χ2n) is 6.40. The molecule has 25 heavy (non-hydrogen) atoms. The Kier molecular flexibility index (Phi) is 11.6. The van der Waals surface area contributed by atoms with E-state index >= 15 is 0 Å². The van der Waals surface area contributed by atoms with E-state index in [-0.39, 0.29) is 24.0 Å². The number of halogens is 1. The van der Waals surface area contributed by atoms with Gasteiger partial charge in [0.15, 0.2) is 5.96 Å². The minimum absolute atomic E-state index is 0. The van der Waals surface area contributed by atoms with E-state index in [1.165, 1.54) is 44.1 Å². The second kappa shape index (κ2) is 13.2. The Morgan fingerprint density at radius 1 is 1.16 bits per heavy atom. The first-order valence-electron chi connectivity index (χ1n) is 9.55. The lowest BCUT2D eigenvalue weighted by molar-refractivity contribution is 0.647. The van der Waals surface area contributed by atoms with Crippen molar-refractivity contribution in [2.75, 3.05) is 31.1 Å². The van der Waals surface area contributed by atoms with E-state index < -0.39 is 0 Å². The molecular weight excluding hydrogens is 425 g/mol. The summed E-state index contributed by atoms with van der Waals surface area (Å²) in [6.45, 7) is 9.16. The van der Waals surface area contributed by atoms with Crippen LogP contribution in [0.5, 0.6) is 0 Å². The van der Waals surface area contributed by atoms with Gasteiger partial charge in [0.05, 0.1) is 6.54 Å². The number of nitrogens with one attached hydrogen (secondary N) is 2. The van der Waals surface area contributed by atoms with Gasteiger partial charge in [-0.15, -0.1) is 24.0 Å². The predicted molar refractivity (Wildman–Crippen MR) is 118 cm³/mol. The van der Waals surface area contributed by atoms with Crippen molar-refractivity contribution in [2.45, 2.75) is 58.9 Å². The fourth-order valence-electron chi connectivity index (χ4n) is 2.95. The minimum atomic E-state index is 0. The van der Waals surface area contributed by atoms with Gasteiger partial charge in [-0.05, 0) is 43.9 Å². The van der Waals surface area contributed by atoms with Gasteiger partial charge in [0.2, 0.25) is 0 Å². The number of unbranched alkanes of at least 4 members (excludes halogenated alkanes) is 3. The van der Waals surface area contributed by atoms with E-state index in [2.05, 4.69) is 46.5 Å². The van der Waals surface area contributed by atoms with Crippen molar-refractivity contribution in [2.24, 2.45) is 4.99 Å². The third kappa shape index (κ3) is 8.25.